The normalized spacial score (nSPS) is 10.6. The van der Waals surface area contributed by atoms with Crippen LogP contribution in [0.4, 0.5) is 8.78 Å². The number of Topliss-reactive ketones (excluding diaryl/α,β-unsaturated/α-hetero) is 1. The standard InChI is InChI=1S/C12H9F2NOS/c1-6(16)12-11(15-7(2)17-12)8-3-9(13)5-10(14)4-8/h3-5H,1-2H3. The molecule has 0 aliphatic rings. The van der Waals surface area contributed by atoms with E-state index in [-0.39, 0.29) is 11.3 Å². The van der Waals surface area contributed by atoms with E-state index in [0.29, 0.717) is 15.6 Å². The summed E-state index contributed by atoms with van der Waals surface area (Å²) in [4.78, 5) is 16.0. The minimum absolute atomic E-state index is 0.157. The fourth-order valence-corrected chi connectivity index (χ4v) is 2.39. The van der Waals surface area contributed by atoms with Gasteiger partial charge in [0.25, 0.3) is 0 Å². The third kappa shape index (κ3) is 2.39. The summed E-state index contributed by atoms with van der Waals surface area (Å²) in [6.07, 6.45) is 0. The number of ketones is 1. The summed E-state index contributed by atoms with van der Waals surface area (Å²) >= 11 is 1.22. The second kappa shape index (κ2) is 4.33. The third-order valence-corrected chi connectivity index (χ3v) is 3.26. The Morgan fingerprint density at radius 2 is 1.82 bits per heavy atom. The molecule has 0 saturated carbocycles. The predicted molar refractivity (Wildman–Crippen MR) is 62.2 cm³/mol. The van der Waals surface area contributed by atoms with E-state index in [0.717, 1.165) is 6.07 Å². The lowest BCUT2D eigenvalue weighted by Crippen LogP contribution is -1.93. The Hall–Kier alpha value is -1.62. The number of halogens is 2. The first-order valence-electron chi connectivity index (χ1n) is 4.92. The quantitative estimate of drug-likeness (QED) is 0.765. The van der Waals surface area contributed by atoms with Crippen LogP contribution in [0.15, 0.2) is 18.2 Å². The van der Waals surface area contributed by atoms with Crippen LogP contribution in [0.25, 0.3) is 11.3 Å². The minimum atomic E-state index is -0.680. The second-order valence-electron chi connectivity index (χ2n) is 3.62. The first kappa shape index (κ1) is 11.9. The van der Waals surface area contributed by atoms with Gasteiger partial charge < -0.3 is 0 Å². The Morgan fingerprint density at radius 1 is 1.24 bits per heavy atom. The topological polar surface area (TPSA) is 30.0 Å². The molecule has 1 aromatic heterocycles. The Morgan fingerprint density at radius 3 is 2.35 bits per heavy atom. The van der Waals surface area contributed by atoms with E-state index in [9.17, 15) is 13.6 Å². The van der Waals surface area contributed by atoms with E-state index in [1.54, 1.807) is 6.92 Å². The van der Waals surface area contributed by atoms with Crippen molar-refractivity contribution in [3.05, 3.63) is 39.7 Å². The molecule has 2 aromatic rings. The van der Waals surface area contributed by atoms with Gasteiger partial charge in [0.15, 0.2) is 5.78 Å². The second-order valence-corrected chi connectivity index (χ2v) is 4.83. The molecule has 1 heterocycles. The smallest absolute Gasteiger partial charge is 0.172 e. The molecule has 0 atom stereocenters. The predicted octanol–water partition coefficient (Wildman–Crippen LogP) is 3.60. The van der Waals surface area contributed by atoms with E-state index < -0.39 is 11.6 Å². The molecular weight excluding hydrogens is 244 g/mol. The maximum absolute atomic E-state index is 13.1. The van der Waals surface area contributed by atoms with Crippen molar-refractivity contribution in [2.45, 2.75) is 13.8 Å². The van der Waals surface area contributed by atoms with Crippen LogP contribution >= 0.6 is 11.3 Å². The molecule has 0 saturated heterocycles. The lowest BCUT2D eigenvalue weighted by molar-refractivity contribution is 0.102. The fraction of sp³-hybridized carbons (Fsp3) is 0.167. The molecule has 0 N–H and O–H groups in total. The molecule has 0 aliphatic carbocycles. The summed E-state index contributed by atoms with van der Waals surface area (Å²) in [6.45, 7) is 3.16. The van der Waals surface area contributed by atoms with Gasteiger partial charge in [-0.3, -0.25) is 4.79 Å². The Kier molecular flexibility index (Phi) is 3.02. The van der Waals surface area contributed by atoms with Gasteiger partial charge in [0.2, 0.25) is 0 Å². The van der Waals surface area contributed by atoms with Crippen LogP contribution in [-0.2, 0) is 0 Å². The first-order chi connectivity index (χ1) is 7.97. The van der Waals surface area contributed by atoms with Gasteiger partial charge in [-0.1, -0.05) is 0 Å². The van der Waals surface area contributed by atoms with Crippen molar-refractivity contribution in [2.75, 3.05) is 0 Å². The molecule has 88 valence electrons. The highest BCUT2D eigenvalue weighted by Crippen LogP contribution is 2.29. The molecule has 0 aliphatic heterocycles. The van der Waals surface area contributed by atoms with E-state index in [1.165, 1.54) is 30.4 Å². The van der Waals surface area contributed by atoms with Crippen LogP contribution in [0.5, 0.6) is 0 Å². The van der Waals surface area contributed by atoms with Crippen LogP contribution in [-0.4, -0.2) is 10.8 Å². The van der Waals surface area contributed by atoms with Gasteiger partial charge in [0, 0.05) is 18.6 Å². The van der Waals surface area contributed by atoms with Crippen LogP contribution in [0, 0.1) is 18.6 Å². The molecule has 0 bridgehead atoms. The average Bonchev–Trinajstić information content (AvgIpc) is 2.59. The highest BCUT2D eigenvalue weighted by Gasteiger charge is 2.16. The van der Waals surface area contributed by atoms with Crippen LogP contribution in [0.2, 0.25) is 0 Å². The zero-order chi connectivity index (χ0) is 12.6. The number of thiazole rings is 1. The van der Waals surface area contributed by atoms with Gasteiger partial charge in [0.1, 0.15) is 11.6 Å². The van der Waals surface area contributed by atoms with Crippen molar-refractivity contribution < 1.29 is 13.6 Å². The number of carbonyl (C=O) groups is 1. The van der Waals surface area contributed by atoms with Crippen LogP contribution < -0.4 is 0 Å². The average molecular weight is 253 g/mol. The van der Waals surface area contributed by atoms with Gasteiger partial charge in [-0.2, -0.15) is 0 Å². The summed E-state index contributed by atoms with van der Waals surface area (Å²) in [6, 6.07) is 3.13. The minimum Gasteiger partial charge on any atom is -0.294 e. The number of carbonyl (C=O) groups excluding carboxylic acids is 1. The number of hydrogen-bond acceptors (Lipinski definition) is 3. The maximum Gasteiger partial charge on any atom is 0.172 e. The SMILES string of the molecule is CC(=O)c1sc(C)nc1-c1cc(F)cc(F)c1. The molecule has 17 heavy (non-hydrogen) atoms. The molecule has 0 fully saturated rings. The Bertz CT molecular complexity index is 572. The number of aryl methyl sites for hydroxylation is 1. The van der Waals surface area contributed by atoms with Crippen molar-refractivity contribution in [1.82, 2.24) is 4.98 Å². The fourth-order valence-electron chi connectivity index (χ4n) is 1.55. The summed E-state index contributed by atoms with van der Waals surface area (Å²) < 4.78 is 26.2. The van der Waals surface area contributed by atoms with Crippen molar-refractivity contribution >= 4 is 17.1 Å². The van der Waals surface area contributed by atoms with Crippen molar-refractivity contribution in [3.63, 3.8) is 0 Å². The lowest BCUT2D eigenvalue weighted by Gasteiger charge is -2.00. The van der Waals surface area contributed by atoms with Crippen LogP contribution in [0.1, 0.15) is 21.6 Å². The number of hydrogen-bond donors (Lipinski definition) is 0. The van der Waals surface area contributed by atoms with Gasteiger partial charge >= 0.3 is 0 Å². The van der Waals surface area contributed by atoms with E-state index in [4.69, 9.17) is 0 Å². The van der Waals surface area contributed by atoms with Gasteiger partial charge in [0.05, 0.1) is 15.6 Å². The van der Waals surface area contributed by atoms with Crippen molar-refractivity contribution in [3.8, 4) is 11.3 Å². The van der Waals surface area contributed by atoms with E-state index in [1.807, 2.05) is 0 Å². The Labute approximate surface area is 101 Å². The third-order valence-electron chi connectivity index (χ3n) is 2.19. The van der Waals surface area contributed by atoms with Crippen LogP contribution in [0.3, 0.4) is 0 Å². The van der Waals surface area contributed by atoms with Crippen molar-refractivity contribution in [2.24, 2.45) is 0 Å². The highest BCUT2D eigenvalue weighted by molar-refractivity contribution is 7.14. The summed E-state index contributed by atoms with van der Waals surface area (Å²) in [5, 5.41) is 0.690. The number of nitrogens with zero attached hydrogens (tertiary/aromatic N) is 1. The molecule has 5 heteroatoms. The van der Waals surface area contributed by atoms with E-state index in [2.05, 4.69) is 4.98 Å². The number of benzene rings is 1. The Balaban J connectivity index is 2.63. The largest absolute Gasteiger partial charge is 0.294 e. The lowest BCUT2D eigenvalue weighted by atomic mass is 10.1. The molecule has 0 spiro atoms. The molecule has 0 amide bonds. The molecular formula is C12H9F2NOS. The zero-order valence-corrected chi connectivity index (χ0v) is 10.1. The van der Waals surface area contributed by atoms with Crippen molar-refractivity contribution in [1.29, 1.82) is 0 Å². The zero-order valence-electron chi connectivity index (χ0n) is 9.25. The van der Waals surface area contributed by atoms with Gasteiger partial charge in [-0.25, -0.2) is 13.8 Å². The summed E-state index contributed by atoms with van der Waals surface area (Å²) in [5.74, 6) is -1.52. The monoisotopic (exact) mass is 253 g/mol. The summed E-state index contributed by atoms with van der Waals surface area (Å²) in [5.41, 5.74) is 0.635. The summed E-state index contributed by atoms with van der Waals surface area (Å²) in [7, 11) is 0. The molecule has 2 rings (SSSR count). The van der Waals surface area contributed by atoms with Gasteiger partial charge in [-0.05, 0) is 19.1 Å². The molecule has 0 radical (unpaired) electrons. The van der Waals surface area contributed by atoms with E-state index >= 15 is 0 Å². The molecule has 0 unspecified atom stereocenters. The number of aromatic nitrogens is 1. The first-order valence-corrected chi connectivity index (χ1v) is 5.74. The van der Waals surface area contributed by atoms with Gasteiger partial charge in [-0.15, -0.1) is 11.3 Å². The maximum atomic E-state index is 13.1. The number of rotatable bonds is 2. The highest BCUT2D eigenvalue weighted by atomic mass is 32.1. The molecule has 1 aromatic carbocycles. The molecule has 2 nitrogen and oxygen atoms in total.